The van der Waals surface area contributed by atoms with Crippen molar-refractivity contribution in [3.05, 3.63) is 65.5 Å². The number of nitrogen functional groups attached to an aromatic ring is 1. The monoisotopic (exact) mass is 477 g/mol. The molecule has 0 saturated carbocycles. The number of carbonyl (C=O) groups is 1. The zero-order chi connectivity index (χ0) is 24.9. The minimum atomic E-state index is -0.323. The molecule has 35 heavy (non-hydrogen) atoms. The summed E-state index contributed by atoms with van der Waals surface area (Å²) < 4.78 is 14.5. The number of nitrogens with two attached hydrogens (primary N) is 1. The molecule has 4 N–H and O–H groups in total. The Bertz CT molecular complexity index is 1210. The van der Waals surface area contributed by atoms with E-state index < -0.39 is 0 Å². The van der Waals surface area contributed by atoms with E-state index in [9.17, 15) is 14.3 Å². The smallest absolute Gasteiger partial charge is 0.234 e. The van der Waals surface area contributed by atoms with Crippen molar-refractivity contribution in [2.75, 3.05) is 37.3 Å². The third-order valence-corrected chi connectivity index (χ3v) is 6.41. The highest BCUT2D eigenvalue weighted by atomic mass is 19.1. The van der Waals surface area contributed by atoms with Gasteiger partial charge in [0.15, 0.2) is 0 Å². The standard InChI is InChI=1S/C27H32FN5O2/c1-18-6-10-24(22(28)14-18)32(2)20-8-11-25(34)21(15-20)23-9-7-19(27(29)31-23)16-30-26(35)17-33-12-4-3-5-13-33/h6-11,14-15,34H,3-5,12-13,16-17H2,1-2H3,(H2,29,31)(H,30,35). The first-order valence-electron chi connectivity index (χ1n) is 11.9. The molecule has 1 aromatic heterocycles. The average molecular weight is 478 g/mol. The number of likely N-dealkylation sites (tertiary alicyclic amines) is 1. The molecule has 1 aliphatic heterocycles. The van der Waals surface area contributed by atoms with Gasteiger partial charge in [0.25, 0.3) is 0 Å². The number of hydrogen-bond donors (Lipinski definition) is 3. The highest BCUT2D eigenvalue weighted by Crippen LogP contribution is 2.35. The Morgan fingerprint density at radius 2 is 1.91 bits per heavy atom. The van der Waals surface area contributed by atoms with E-state index in [1.54, 1.807) is 48.3 Å². The van der Waals surface area contributed by atoms with E-state index in [1.807, 2.05) is 13.0 Å². The summed E-state index contributed by atoms with van der Waals surface area (Å²) in [7, 11) is 1.77. The largest absolute Gasteiger partial charge is 0.507 e. The Morgan fingerprint density at radius 3 is 2.63 bits per heavy atom. The summed E-state index contributed by atoms with van der Waals surface area (Å²) >= 11 is 0. The number of nitrogens with one attached hydrogen (secondary N) is 1. The van der Waals surface area contributed by atoms with Crippen molar-refractivity contribution in [1.82, 2.24) is 15.2 Å². The number of aromatic nitrogens is 1. The van der Waals surface area contributed by atoms with Crippen LogP contribution in [0.2, 0.25) is 0 Å². The number of anilines is 3. The summed E-state index contributed by atoms with van der Waals surface area (Å²) in [5, 5.41) is 13.4. The summed E-state index contributed by atoms with van der Waals surface area (Å²) in [6.45, 7) is 4.43. The first-order valence-corrected chi connectivity index (χ1v) is 11.9. The van der Waals surface area contributed by atoms with Crippen LogP contribution >= 0.6 is 0 Å². The summed E-state index contributed by atoms with van der Waals surface area (Å²) in [6, 6.07) is 13.6. The van der Waals surface area contributed by atoms with Crippen LogP contribution < -0.4 is 16.0 Å². The number of piperidine rings is 1. The number of hydrogen-bond acceptors (Lipinski definition) is 6. The van der Waals surface area contributed by atoms with Gasteiger partial charge in [0.1, 0.15) is 17.4 Å². The van der Waals surface area contributed by atoms with Crippen LogP contribution in [0.4, 0.5) is 21.6 Å². The van der Waals surface area contributed by atoms with Gasteiger partial charge < -0.3 is 21.1 Å². The lowest BCUT2D eigenvalue weighted by Crippen LogP contribution is -2.39. The molecule has 1 saturated heterocycles. The zero-order valence-electron chi connectivity index (χ0n) is 20.2. The van der Waals surface area contributed by atoms with Gasteiger partial charge in [0.05, 0.1) is 17.9 Å². The van der Waals surface area contributed by atoms with Gasteiger partial charge in [-0.2, -0.15) is 0 Å². The van der Waals surface area contributed by atoms with Gasteiger partial charge in [-0.25, -0.2) is 9.37 Å². The maximum absolute atomic E-state index is 14.5. The van der Waals surface area contributed by atoms with E-state index in [0.717, 1.165) is 31.5 Å². The SMILES string of the molecule is Cc1ccc(N(C)c2ccc(O)c(-c3ccc(CNC(=O)CN4CCCCC4)c(N)n3)c2)c(F)c1. The molecule has 1 aliphatic rings. The Morgan fingerprint density at radius 1 is 1.14 bits per heavy atom. The normalized spacial score (nSPS) is 14.0. The van der Waals surface area contributed by atoms with Crippen LogP contribution in [0.5, 0.6) is 5.75 Å². The summed E-state index contributed by atoms with van der Waals surface area (Å²) in [5.41, 5.74) is 9.82. The van der Waals surface area contributed by atoms with E-state index in [0.29, 0.717) is 34.7 Å². The lowest BCUT2D eigenvalue weighted by atomic mass is 10.1. The minimum Gasteiger partial charge on any atom is -0.507 e. The molecule has 3 aromatic rings. The van der Waals surface area contributed by atoms with E-state index >= 15 is 0 Å². The summed E-state index contributed by atoms with van der Waals surface area (Å²) in [6.07, 6.45) is 3.50. The highest BCUT2D eigenvalue weighted by molar-refractivity contribution is 5.78. The molecule has 0 spiro atoms. The van der Waals surface area contributed by atoms with E-state index in [1.165, 1.54) is 12.5 Å². The molecule has 2 heterocycles. The fourth-order valence-corrected chi connectivity index (χ4v) is 4.33. The predicted molar refractivity (Wildman–Crippen MR) is 137 cm³/mol. The van der Waals surface area contributed by atoms with Crippen molar-refractivity contribution in [2.24, 2.45) is 0 Å². The molecule has 0 aliphatic carbocycles. The van der Waals surface area contributed by atoms with Crippen molar-refractivity contribution in [2.45, 2.75) is 32.7 Å². The Labute approximate surface area is 205 Å². The number of aromatic hydroxyl groups is 1. The van der Waals surface area contributed by atoms with Gasteiger partial charge in [-0.3, -0.25) is 9.69 Å². The van der Waals surface area contributed by atoms with Crippen molar-refractivity contribution < 1.29 is 14.3 Å². The van der Waals surface area contributed by atoms with Crippen molar-refractivity contribution in [3.8, 4) is 17.0 Å². The number of phenols is 1. The topological polar surface area (TPSA) is 94.7 Å². The van der Waals surface area contributed by atoms with Crippen LogP contribution in [-0.2, 0) is 11.3 Å². The number of aryl methyl sites for hydroxylation is 1. The molecule has 1 fully saturated rings. The van der Waals surface area contributed by atoms with Crippen molar-refractivity contribution in [1.29, 1.82) is 0 Å². The number of benzene rings is 2. The number of halogens is 1. The van der Waals surface area contributed by atoms with Gasteiger partial charge in [-0.05, 0) is 74.8 Å². The molecule has 7 nitrogen and oxygen atoms in total. The van der Waals surface area contributed by atoms with E-state index in [4.69, 9.17) is 5.73 Å². The lowest BCUT2D eigenvalue weighted by Gasteiger charge is -2.25. The average Bonchev–Trinajstić information content (AvgIpc) is 2.84. The maximum atomic E-state index is 14.5. The number of pyridine rings is 1. The van der Waals surface area contributed by atoms with Crippen LogP contribution in [0.25, 0.3) is 11.3 Å². The molecule has 0 bridgehead atoms. The van der Waals surface area contributed by atoms with Crippen molar-refractivity contribution in [3.63, 3.8) is 0 Å². The molecule has 0 unspecified atom stereocenters. The highest BCUT2D eigenvalue weighted by Gasteiger charge is 2.16. The molecule has 0 atom stereocenters. The molecule has 184 valence electrons. The van der Waals surface area contributed by atoms with Gasteiger partial charge in [-0.1, -0.05) is 18.6 Å². The second-order valence-electron chi connectivity index (χ2n) is 9.07. The second-order valence-corrected chi connectivity index (χ2v) is 9.07. The van der Waals surface area contributed by atoms with Gasteiger partial charge in [-0.15, -0.1) is 0 Å². The molecule has 8 heteroatoms. The minimum absolute atomic E-state index is 0.0351. The third kappa shape index (κ3) is 5.89. The van der Waals surface area contributed by atoms with Crippen LogP contribution in [-0.4, -0.2) is 47.6 Å². The molecular weight excluding hydrogens is 445 g/mol. The van der Waals surface area contributed by atoms with Crippen molar-refractivity contribution >= 4 is 23.1 Å². The Hall–Kier alpha value is -3.65. The predicted octanol–water partition coefficient (Wildman–Crippen LogP) is 4.35. The van der Waals surface area contributed by atoms with Crippen LogP contribution in [0.1, 0.15) is 30.4 Å². The first kappa shape index (κ1) is 24.5. The fraction of sp³-hybridized carbons (Fsp3) is 0.333. The first-order chi connectivity index (χ1) is 16.8. The lowest BCUT2D eigenvalue weighted by molar-refractivity contribution is -0.122. The van der Waals surface area contributed by atoms with Crippen LogP contribution in [0.15, 0.2) is 48.5 Å². The molecule has 4 rings (SSSR count). The number of rotatable bonds is 7. The Kier molecular flexibility index (Phi) is 7.51. The number of amides is 1. The quantitative estimate of drug-likeness (QED) is 0.468. The summed E-state index contributed by atoms with van der Waals surface area (Å²) in [5.74, 6) is -0.0344. The number of phenolic OH excluding ortho intramolecular Hbond substituents is 1. The number of nitrogens with zero attached hydrogens (tertiary/aromatic N) is 3. The maximum Gasteiger partial charge on any atom is 0.234 e. The van der Waals surface area contributed by atoms with Gasteiger partial charge in [0, 0.05) is 30.4 Å². The molecule has 0 radical (unpaired) electrons. The Balaban J connectivity index is 1.48. The third-order valence-electron chi connectivity index (χ3n) is 6.41. The summed E-state index contributed by atoms with van der Waals surface area (Å²) in [4.78, 5) is 20.7. The fourth-order valence-electron chi connectivity index (χ4n) is 4.33. The van der Waals surface area contributed by atoms with Crippen LogP contribution in [0, 0.1) is 12.7 Å². The van der Waals surface area contributed by atoms with E-state index in [-0.39, 0.29) is 29.8 Å². The molecule has 2 aromatic carbocycles. The van der Waals surface area contributed by atoms with Gasteiger partial charge in [0.2, 0.25) is 5.91 Å². The zero-order valence-corrected chi connectivity index (χ0v) is 20.2. The second kappa shape index (κ2) is 10.7. The van der Waals surface area contributed by atoms with E-state index in [2.05, 4.69) is 15.2 Å². The molecular formula is C27H32FN5O2. The van der Waals surface area contributed by atoms with Gasteiger partial charge >= 0.3 is 0 Å². The number of carbonyl (C=O) groups excluding carboxylic acids is 1. The van der Waals surface area contributed by atoms with Crippen LogP contribution in [0.3, 0.4) is 0 Å². The molecule has 1 amide bonds.